The number of hydrogen-bond acceptors (Lipinski definition) is 9. The molecule has 2 aromatic rings. The zero-order valence-corrected chi connectivity index (χ0v) is 28.1. The van der Waals surface area contributed by atoms with E-state index in [2.05, 4.69) is 53.7 Å². The van der Waals surface area contributed by atoms with Crippen molar-refractivity contribution < 1.29 is 23.4 Å². The highest BCUT2D eigenvalue weighted by molar-refractivity contribution is 5.30. The quantitative estimate of drug-likeness (QED) is 0.159. The summed E-state index contributed by atoms with van der Waals surface area (Å²) >= 11 is 0. The van der Waals surface area contributed by atoms with Crippen LogP contribution in [0, 0.1) is 35.5 Å². The number of halogens is 2. The van der Waals surface area contributed by atoms with Gasteiger partial charge in [0.25, 0.3) is 11.1 Å². The number of nitrogens with one attached hydrogen (secondary N) is 2. The van der Waals surface area contributed by atoms with Gasteiger partial charge in [0.1, 0.15) is 11.1 Å². The average Bonchev–Trinajstić information content (AvgIpc) is 3.48. The molecule has 50 heavy (non-hydrogen) atoms. The van der Waals surface area contributed by atoms with Crippen LogP contribution in [0.25, 0.3) is 20.9 Å². The van der Waals surface area contributed by atoms with E-state index in [4.69, 9.17) is 25.6 Å². The number of aliphatic hydroxyl groups is 1. The lowest BCUT2D eigenvalue weighted by molar-refractivity contribution is -0.0879. The molecule has 17 nitrogen and oxygen atoms in total. The summed E-state index contributed by atoms with van der Waals surface area (Å²) in [7, 11) is 0. The summed E-state index contributed by atoms with van der Waals surface area (Å²) in [5.41, 5.74) is 11.7. The van der Waals surface area contributed by atoms with Crippen molar-refractivity contribution in [3.05, 3.63) is 86.1 Å². The predicted molar refractivity (Wildman–Crippen MR) is 176 cm³/mol. The summed E-state index contributed by atoms with van der Waals surface area (Å²) < 4.78 is 42.7. The summed E-state index contributed by atoms with van der Waals surface area (Å²) in [4.78, 5) is 57.5. The first-order chi connectivity index (χ1) is 23.8. The molecular weight excluding hydrogens is 662 g/mol. The molecule has 19 heteroatoms. The molecule has 2 aliphatic rings. The lowest BCUT2D eigenvalue weighted by atomic mass is 9.94. The molecule has 0 amide bonds. The van der Waals surface area contributed by atoms with Crippen molar-refractivity contribution in [2.75, 3.05) is 6.61 Å². The van der Waals surface area contributed by atoms with E-state index in [1.165, 1.54) is 13.1 Å². The van der Waals surface area contributed by atoms with Crippen LogP contribution >= 0.6 is 0 Å². The van der Waals surface area contributed by atoms with Gasteiger partial charge in [0, 0.05) is 46.9 Å². The Morgan fingerprint density at radius 1 is 0.820 bits per heavy atom. The summed E-state index contributed by atoms with van der Waals surface area (Å²) in [6.45, 7) is 8.25. The summed E-state index contributed by atoms with van der Waals surface area (Å²) in [5.74, 6) is 9.02. The highest BCUT2D eigenvalue weighted by Gasteiger charge is 2.54. The summed E-state index contributed by atoms with van der Waals surface area (Å²) in [5, 5.41) is 15.9. The van der Waals surface area contributed by atoms with Crippen LogP contribution in [0.1, 0.15) is 90.3 Å². The molecule has 0 aromatic carbocycles. The molecular formula is C31H38F2N10O7. The fraction of sp³-hybridized carbons (Fsp3) is 0.613. The van der Waals surface area contributed by atoms with Crippen LogP contribution in [0.15, 0.2) is 41.8 Å². The molecule has 0 saturated carbocycles. The van der Waals surface area contributed by atoms with Gasteiger partial charge in [-0.1, -0.05) is 68.5 Å². The van der Waals surface area contributed by atoms with Gasteiger partial charge < -0.3 is 14.6 Å². The molecule has 0 bridgehead atoms. The van der Waals surface area contributed by atoms with Gasteiger partial charge >= 0.3 is 11.4 Å². The van der Waals surface area contributed by atoms with Gasteiger partial charge in [0.2, 0.25) is 0 Å². The Kier molecular flexibility index (Phi) is 13.3. The Hall–Kier alpha value is -5.16. The van der Waals surface area contributed by atoms with Crippen LogP contribution in [0.3, 0.4) is 0 Å². The Balaban J connectivity index is 0.000000270. The van der Waals surface area contributed by atoms with Crippen molar-refractivity contribution >= 4 is 0 Å². The number of azide groups is 2. The minimum Gasteiger partial charge on any atom is -0.395 e. The van der Waals surface area contributed by atoms with Crippen LogP contribution in [0.5, 0.6) is 0 Å². The monoisotopic (exact) mass is 700 g/mol. The third-order valence-electron chi connectivity index (χ3n) is 8.56. The molecule has 2 fully saturated rings. The van der Waals surface area contributed by atoms with Crippen LogP contribution < -0.4 is 22.5 Å². The zero-order valence-electron chi connectivity index (χ0n) is 28.1. The average molecular weight is 701 g/mol. The van der Waals surface area contributed by atoms with E-state index in [-0.39, 0.29) is 37.0 Å². The van der Waals surface area contributed by atoms with Gasteiger partial charge in [0.15, 0.2) is 36.2 Å². The van der Waals surface area contributed by atoms with E-state index in [1.807, 2.05) is 6.92 Å². The fourth-order valence-electron chi connectivity index (χ4n) is 5.53. The van der Waals surface area contributed by atoms with Crippen LogP contribution in [-0.4, -0.2) is 54.6 Å². The van der Waals surface area contributed by atoms with Crippen molar-refractivity contribution in [2.24, 2.45) is 22.1 Å². The molecule has 4 rings (SSSR count). The Morgan fingerprint density at radius 3 is 1.56 bits per heavy atom. The lowest BCUT2D eigenvalue weighted by Gasteiger charge is -2.25. The second-order valence-electron chi connectivity index (χ2n) is 11.5. The van der Waals surface area contributed by atoms with E-state index in [0.29, 0.717) is 6.42 Å². The number of aromatic amines is 2. The van der Waals surface area contributed by atoms with Gasteiger partial charge in [-0.3, -0.25) is 28.7 Å². The largest absolute Gasteiger partial charge is 0.395 e. The van der Waals surface area contributed by atoms with Gasteiger partial charge in [-0.05, 0) is 30.3 Å². The molecule has 0 aliphatic carbocycles. The molecule has 2 aromatic heterocycles. The SMILES string of the molecule is CCCC#Cc1cn([C@@H]2O[C@@](CC)(N=[N+]=[N-])[C@@H](C)[C@@H]2F)c(=O)[nH]c1=O.CC[C@@]1(N=[N+]=[N-])O[C@@H](n2cc(C#CCCO)c(=O)[nH]c2=O)[C@@H](F)[C@@H]1C. The van der Waals surface area contributed by atoms with Gasteiger partial charge in [0.05, 0.1) is 6.61 Å². The van der Waals surface area contributed by atoms with E-state index in [1.54, 1.807) is 20.8 Å². The molecule has 4 heterocycles. The molecule has 0 unspecified atom stereocenters. The number of alkyl halides is 2. The topological polar surface area (TPSA) is 246 Å². The minimum absolute atomic E-state index is 0.0503. The zero-order chi connectivity index (χ0) is 37.2. The first-order valence-corrected chi connectivity index (χ1v) is 15.9. The standard InChI is InChI=1S/C16H20FN5O3.C15H18FN5O4/c1-4-6-7-8-11-9-22(15(24)19-13(11)23)14-12(17)10(3)16(5-2,25-14)20-21-18;1-3-15(19-20-17)9(2)11(16)13(25-15)21-8-10(6-4-5-7-22)12(23)18-14(21)24/h9-10,12,14H,4-6H2,1-3H3,(H,19,23,24);8-9,11,13,22H,3,5,7H2,1-2H3,(H,18,23,24)/t10-,12-,14+,16+;9-,11-,13+,15+/m00/s1. The maximum Gasteiger partial charge on any atom is 0.330 e. The Morgan fingerprint density at radius 2 is 1.22 bits per heavy atom. The third-order valence-corrected chi connectivity index (χ3v) is 8.56. The molecule has 2 saturated heterocycles. The van der Waals surface area contributed by atoms with Crippen molar-refractivity contribution in [3.63, 3.8) is 0 Å². The number of rotatable bonds is 8. The molecule has 0 radical (unpaired) electrons. The van der Waals surface area contributed by atoms with Crippen molar-refractivity contribution in [2.45, 2.75) is 103 Å². The number of unbranched alkanes of at least 4 members (excludes halogenated alkanes) is 1. The smallest absolute Gasteiger partial charge is 0.330 e. The van der Waals surface area contributed by atoms with Gasteiger partial charge in [-0.25, -0.2) is 18.4 Å². The summed E-state index contributed by atoms with van der Waals surface area (Å²) in [6, 6.07) is 0. The predicted octanol–water partition coefficient (Wildman–Crippen LogP) is 3.80. The van der Waals surface area contributed by atoms with Crippen molar-refractivity contribution in [1.82, 2.24) is 19.1 Å². The van der Waals surface area contributed by atoms with E-state index >= 15 is 0 Å². The highest BCUT2D eigenvalue weighted by Crippen LogP contribution is 2.46. The van der Waals surface area contributed by atoms with Gasteiger partial charge in [-0.15, -0.1) is 0 Å². The second-order valence-corrected chi connectivity index (χ2v) is 11.5. The van der Waals surface area contributed by atoms with E-state index in [0.717, 1.165) is 21.8 Å². The number of nitrogens with zero attached hydrogens (tertiary/aromatic N) is 8. The first kappa shape index (κ1) is 39.3. The van der Waals surface area contributed by atoms with E-state index in [9.17, 15) is 28.0 Å². The molecule has 3 N–H and O–H groups in total. The molecule has 0 spiro atoms. The number of aliphatic hydroxyl groups excluding tert-OH is 1. The van der Waals surface area contributed by atoms with Crippen molar-refractivity contribution in [3.8, 4) is 23.7 Å². The number of aromatic nitrogens is 4. The third kappa shape index (κ3) is 8.00. The maximum absolute atomic E-state index is 14.8. The van der Waals surface area contributed by atoms with Crippen molar-refractivity contribution in [1.29, 1.82) is 0 Å². The lowest BCUT2D eigenvalue weighted by Crippen LogP contribution is -2.36. The number of H-pyrrole nitrogens is 2. The summed E-state index contributed by atoms with van der Waals surface area (Å²) in [6.07, 6.45) is -1.56. The van der Waals surface area contributed by atoms with Gasteiger partial charge in [-0.2, -0.15) is 0 Å². The molecule has 8 atom stereocenters. The minimum atomic E-state index is -1.63. The first-order valence-electron chi connectivity index (χ1n) is 15.9. The highest BCUT2D eigenvalue weighted by atomic mass is 19.1. The second kappa shape index (κ2) is 17.0. The molecule has 2 aliphatic heterocycles. The fourth-order valence-corrected chi connectivity index (χ4v) is 5.53. The number of ether oxygens (including phenoxy) is 2. The maximum atomic E-state index is 14.8. The molecule has 268 valence electrons. The van der Waals surface area contributed by atoms with Crippen LogP contribution in [0.2, 0.25) is 0 Å². The van der Waals surface area contributed by atoms with Crippen LogP contribution in [-0.2, 0) is 9.47 Å². The normalized spacial score (nSPS) is 28.1. The number of hydrogen-bond donors (Lipinski definition) is 3. The van der Waals surface area contributed by atoms with E-state index < -0.39 is 70.6 Å². The van der Waals surface area contributed by atoms with Crippen LogP contribution in [0.4, 0.5) is 8.78 Å². The Labute approximate surface area is 283 Å². The Bertz CT molecular complexity index is 1870.